The first-order chi connectivity index (χ1) is 11.0. The SMILES string of the molecule is CN1CCC1=O.O=Cc1ccccc1.O=[N+]([O-])c1ccccc1. The van der Waals surface area contributed by atoms with Crippen LogP contribution in [-0.4, -0.2) is 35.6 Å². The molecule has 1 heterocycles. The second-order valence-corrected chi connectivity index (χ2v) is 4.69. The van der Waals surface area contributed by atoms with Crippen LogP contribution >= 0.6 is 0 Å². The van der Waals surface area contributed by atoms with Crippen molar-refractivity contribution in [1.82, 2.24) is 4.90 Å². The number of benzene rings is 2. The zero-order chi connectivity index (χ0) is 17.1. The predicted molar refractivity (Wildman–Crippen MR) is 87.2 cm³/mol. The van der Waals surface area contributed by atoms with Crippen molar-refractivity contribution in [2.45, 2.75) is 6.42 Å². The van der Waals surface area contributed by atoms with Gasteiger partial charge in [0.2, 0.25) is 5.91 Å². The van der Waals surface area contributed by atoms with E-state index in [4.69, 9.17) is 0 Å². The topological polar surface area (TPSA) is 80.5 Å². The third kappa shape index (κ3) is 6.99. The lowest BCUT2D eigenvalue weighted by Gasteiger charge is -2.24. The lowest BCUT2D eigenvalue weighted by Crippen LogP contribution is -2.39. The van der Waals surface area contributed by atoms with Crippen LogP contribution in [0.25, 0.3) is 0 Å². The number of nitro benzene ring substituents is 1. The highest BCUT2D eigenvalue weighted by atomic mass is 16.6. The van der Waals surface area contributed by atoms with E-state index in [2.05, 4.69) is 0 Å². The number of hydrogen-bond donors (Lipinski definition) is 0. The molecule has 1 saturated heterocycles. The van der Waals surface area contributed by atoms with Crippen molar-refractivity contribution in [3.63, 3.8) is 0 Å². The first-order valence-corrected chi connectivity index (χ1v) is 6.98. The minimum atomic E-state index is -0.417. The Morgan fingerprint density at radius 2 is 1.52 bits per heavy atom. The Labute approximate surface area is 134 Å². The molecule has 6 nitrogen and oxygen atoms in total. The van der Waals surface area contributed by atoms with Crippen molar-refractivity contribution in [2.75, 3.05) is 13.6 Å². The van der Waals surface area contributed by atoms with Gasteiger partial charge in [0.1, 0.15) is 6.29 Å². The molecule has 0 unspecified atom stereocenters. The van der Waals surface area contributed by atoms with Gasteiger partial charge in [0.15, 0.2) is 0 Å². The zero-order valence-corrected chi connectivity index (χ0v) is 12.8. The number of nitrogens with zero attached hydrogens (tertiary/aromatic N) is 2. The van der Waals surface area contributed by atoms with Gasteiger partial charge in [0.25, 0.3) is 5.69 Å². The molecular weight excluding hydrogens is 296 g/mol. The Kier molecular flexibility index (Phi) is 7.71. The molecule has 1 amide bonds. The number of rotatable bonds is 2. The molecule has 1 aliphatic rings. The van der Waals surface area contributed by atoms with E-state index in [1.807, 2.05) is 25.2 Å². The molecule has 2 aromatic rings. The fourth-order valence-electron chi connectivity index (χ4n) is 1.51. The minimum Gasteiger partial charge on any atom is -0.345 e. The number of aldehydes is 1. The van der Waals surface area contributed by atoms with Crippen LogP contribution < -0.4 is 0 Å². The molecule has 2 aromatic carbocycles. The summed E-state index contributed by atoms with van der Waals surface area (Å²) in [5, 5.41) is 10.0. The van der Waals surface area contributed by atoms with E-state index in [1.54, 1.807) is 35.2 Å². The van der Waals surface area contributed by atoms with Crippen molar-refractivity contribution in [2.24, 2.45) is 0 Å². The van der Waals surface area contributed by atoms with E-state index in [0.717, 1.165) is 24.8 Å². The molecule has 0 spiro atoms. The number of carbonyl (C=O) groups excluding carboxylic acids is 2. The first kappa shape index (κ1) is 18.0. The van der Waals surface area contributed by atoms with Gasteiger partial charge < -0.3 is 4.90 Å². The molecule has 3 rings (SSSR count). The average Bonchev–Trinajstić information content (AvgIpc) is 2.62. The van der Waals surface area contributed by atoms with Gasteiger partial charge in [0, 0.05) is 37.7 Å². The average molecular weight is 314 g/mol. The Morgan fingerprint density at radius 1 is 1.04 bits per heavy atom. The molecule has 0 saturated carbocycles. The highest BCUT2D eigenvalue weighted by Crippen LogP contribution is 2.06. The van der Waals surface area contributed by atoms with Crippen LogP contribution in [0.1, 0.15) is 16.8 Å². The van der Waals surface area contributed by atoms with E-state index in [1.165, 1.54) is 12.1 Å². The Morgan fingerprint density at radius 3 is 1.74 bits per heavy atom. The van der Waals surface area contributed by atoms with Gasteiger partial charge in [-0.3, -0.25) is 19.7 Å². The Bertz CT molecular complexity index is 630. The fourth-order valence-corrected chi connectivity index (χ4v) is 1.51. The summed E-state index contributed by atoms with van der Waals surface area (Å²) in [5.74, 6) is 0.273. The van der Waals surface area contributed by atoms with Crippen LogP contribution in [0.4, 0.5) is 5.69 Å². The molecule has 23 heavy (non-hydrogen) atoms. The predicted octanol–water partition coefficient (Wildman–Crippen LogP) is 2.94. The maximum atomic E-state index is 10.2. The van der Waals surface area contributed by atoms with Crippen molar-refractivity contribution in [3.05, 3.63) is 76.3 Å². The molecule has 0 bridgehead atoms. The quantitative estimate of drug-likeness (QED) is 0.369. The summed E-state index contributed by atoms with van der Waals surface area (Å²) in [5.41, 5.74) is 0.866. The molecule has 1 fully saturated rings. The first-order valence-electron chi connectivity index (χ1n) is 6.98. The smallest absolute Gasteiger partial charge is 0.269 e. The third-order valence-corrected chi connectivity index (χ3v) is 2.99. The molecule has 6 heteroatoms. The molecular formula is C17H18N2O4. The normalized spacial score (nSPS) is 11.9. The maximum absolute atomic E-state index is 10.2. The number of nitro groups is 1. The summed E-state index contributed by atoms with van der Waals surface area (Å²) < 4.78 is 0. The molecule has 0 aliphatic carbocycles. The number of para-hydroxylation sites is 1. The summed E-state index contributed by atoms with van der Waals surface area (Å²) in [4.78, 5) is 31.5. The largest absolute Gasteiger partial charge is 0.345 e. The minimum absolute atomic E-state index is 0.137. The molecule has 120 valence electrons. The van der Waals surface area contributed by atoms with Crippen molar-refractivity contribution < 1.29 is 14.5 Å². The molecule has 0 radical (unpaired) electrons. The number of amides is 1. The maximum Gasteiger partial charge on any atom is 0.269 e. The summed E-state index contributed by atoms with van der Waals surface area (Å²) in [7, 11) is 1.81. The summed E-state index contributed by atoms with van der Waals surface area (Å²) in [6.07, 6.45) is 1.59. The van der Waals surface area contributed by atoms with Crippen LogP contribution in [0.15, 0.2) is 60.7 Å². The summed E-state index contributed by atoms with van der Waals surface area (Å²) in [6.45, 7) is 0.957. The fraction of sp³-hybridized carbons (Fsp3) is 0.176. The molecule has 0 N–H and O–H groups in total. The highest BCUT2D eigenvalue weighted by Gasteiger charge is 2.17. The van der Waals surface area contributed by atoms with E-state index in [-0.39, 0.29) is 11.6 Å². The van der Waals surface area contributed by atoms with E-state index >= 15 is 0 Å². The van der Waals surface area contributed by atoms with Crippen LogP contribution in [0.2, 0.25) is 0 Å². The monoisotopic (exact) mass is 314 g/mol. The van der Waals surface area contributed by atoms with Gasteiger partial charge in [-0.15, -0.1) is 0 Å². The van der Waals surface area contributed by atoms with Gasteiger partial charge >= 0.3 is 0 Å². The second kappa shape index (κ2) is 9.83. The van der Waals surface area contributed by atoms with Crippen LogP contribution in [0.5, 0.6) is 0 Å². The van der Waals surface area contributed by atoms with Crippen molar-refractivity contribution >= 4 is 17.9 Å². The highest BCUT2D eigenvalue weighted by molar-refractivity contribution is 5.81. The number of hydrogen-bond acceptors (Lipinski definition) is 4. The van der Waals surface area contributed by atoms with Crippen LogP contribution in [0, 0.1) is 10.1 Å². The number of likely N-dealkylation sites (tertiary alicyclic amines) is 1. The summed E-state index contributed by atoms with van der Waals surface area (Å²) >= 11 is 0. The van der Waals surface area contributed by atoms with E-state index < -0.39 is 4.92 Å². The van der Waals surface area contributed by atoms with Crippen LogP contribution in [-0.2, 0) is 4.79 Å². The molecule has 0 atom stereocenters. The summed E-state index contributed by atoms with van der Waals surface area (Å²) in [6, 6.07) is 17.0. The van der Waals surface area contributed by atoms with E-state index in [9.17, 15) is 19.7 Å². The Hall–Kier alpha value is -3.02. The lowest BCUT2D eigenvalue weighted by molar-refractivity contribution is -0.384. The van der Waals surface area contributed by atoms with Crippen LogP contribution in [0.3, 0.4) is 0 Å². The molecule has 0 aromatic heterocycles. The van der Waals surface area contributed by atoms with Gasteiger partial charge in [-0.2, -0.15) is 0 Å². The molecule has 1 aliphatic heterocycles. The lowest BCUT2D eigenvalue weighted by atomic mass is 10.2. The zero-order valence-electron chi connectivity index (χ0n) is 12.8. The Balaban J connectivity index is 0.000000176. The second-order valence-electron chi connectivity index (χ2n) is 4.69. The third-order valence-electron chi connectivity index (χ3n) is 2.99. The van der Waals surface area contributed by atoms with Crippen molar-refractivity contribution in [3.8, 4) is 0 Å². The number of non-ortho nitro benzene ring substituents is 1. The number of β-lactam (4-membered cyclic amide) rings is 1. The van der Waals surface area contributed by atoms with E-state index in [0.29, 0.717) is 0 Å². The van der Waals surface area contributed by atoms with Gasteiger partial charge in [-0.1, -0.05) is 48.5 Å². The van der Waals surface area contributed by atoms with Gasteiger partial charge in [-0.05, 0) is 0 Å². The van der Waals surface area contributed by atoms with Gasteiger partial charge in [0.05, 0.1) is 4.92 Å². The van der Waals surface area contributed by atoms with Crippen molar-refractivity contribution in [1.29, 1.82) is 0 Å². The standard InChI is InChI=1S/C7H6O.C6H5NO2.C4H7NO/c8-6-7-4-2-1-3-5-7;8-7(9)6-4-2-1-3-5-6;1-5-3-2-4(5)6/h1-6H;1-5H;2-3H2,1H3. The number of carbonyl (C=O) groups is 2. The van der Waals surface area contributed by atoms with Gasteiger partial charge in [-0.25, -0.2) is 0 Å².